The molecule has 0 fully saturated rings. The van der Waals surface area contributed by atoms with Gasteiger partial charge in [0, 0.05) is 10.8 Å². The van der Waals surface area contributed by atoms with E-state index in [1.165, 1.54) is 4.90 Å². The van der Waals surface area contributed by atoms with Gasteiger partial charge in [-0.15, -0.1) is 23.4 Å². The first-order valence-corrected chi connectivity index (χ1v) is 6.24. The second-order valence-electron chi connectivity index (χ2n) is 2.91. The molecule has 1 aromatic rings. The molecule has 0 bridgehead atoms. The average Bonchev–Trinajstić information content (AvgIpc) is 2.29. The molecule has 0 heterocycles. The van der Waals surface area contributed by atoms with Gasteiger partial charge in [-0.25, -0.2) is 0 Å². The Balaban J connectivity index is 2.66. The molecule has 0 N–H and O–H groups in total. The van der Waals surface area contributed by atoms with Gasteiger partial charge in [0.15, 0.2) is 11.5 Å². The van der Waals surface area contributed by atoms with Gasteiger partial charge < -0.3 is 9.47 Å². The van der Waals surface area contributed by atoms with Gasteiger partial charge in [-0.2, -0.15) is 0 Å². The highest BCUT2D eigenvalue weighted by molar-refractivity contribution is 7.99. The minimum Gasteiger partial charge on any atom is -0.493 e. The number of benzene rings is 1. The predicted octanol–water partition coefficient (Wildman–Crippen LogP) is 3.42. The molecule has 2 nitrogen and oxygen atoms in total. The van der Waals surface area contributed by atoms with Crippen molar-refractivity contribution in [3.05, 3.63) is 18.2 Å². The van der Waals surface area contributed by atoms with Crippen LogP contribution >= 0.6 is 23.4 Å². The Bertz CT molecular complexity index is 305. The Morgan fingerprint density at radius 1 is 1.20 bits per heavy atom. The second kappa shape index (κ2) is 6.85. The summed E-state index contributed by atoms with van der Waals surface area (Å²) >= 11 is 7.39. The molecular weight excluding hydrogens is 232 g/mol. The van der Waals surface area contributed by atoms with E-state index in [-0.39, 0.29) is 0 Å². The molecule has 0 saturated heterocycles. The smallest absolute Gasteiger partial charge is 0.161 e. The van der Waals surface area contributed by atoms with Crippen LogP contribution in [0.15, 0.2) is 23.1 Å². The molecule has 0 spiro atoms. The lowest BCUT2D eigenvalue weighted by Gasteiger charge is -2.08. The van der Waals surface area contributed by atoms with Gasteiger partial charge in [0.2, 0.25) is 0 Å². The van der Waals surface area contributed by atoms with Crippen molar-refractivity contribution in [3.63, 3.8) is 0 Å². The quantitative estimate of drug-likeness (QED) is 0.435. The second-order valence-corrected chi connectivity index (χ2v) is 4.45. The minimum absolute atomic E-state index is 0.709. The van der Waals surface area contributed by atoms with Gasteiger partial charge in [0.05, 0.1) is 14.2 Å². The molecule has 0 atom stereocenters. The number of thioether (sulfide) groups is 1. The van der Waals surface area contributed by atoms with Gasteiger partial charge >= 0.3 is 0 Å². The summed E-state index contributed by atoms with van der Waals surface area (Å²) in [5, 5.41) is 0. The molecule has 1 rings (SSSR count). The number of methoxy groups -OCH3 is 2. The molecule has 0 amide bonds. The average molecular weight is 247 g/mol. The van der Waals surface area contributed by atoms with E-state index in [4.69, 9.17) is 21.1 Å². The van der Waals surface area contributed by atoms with Gasteiger partial charge in [-0.1, -0.05) is 0 Å². The van der Waals surface area contributed by atoms with Crippen molar-refractivity contribution in [2.45, 2.75) is 11.3 Å². The van der Waals surface area contributed by atoms with Crippen molar-refractivity contribution in [1.29, 1.82) is 0 Å². The van der Waals surface area contributed by atoms with Crippen molar-refractivity contribution >= 4 is 23.4 Å². The highest BCUT2D eigenvalue weighted by Crippen LogP contribution is 2.31. The number of hydrogen-bond acceptors (Lipinski definition) is 3. The van der Waals surface area contributed by atoms with E-state index in [1.54, 1.807) is 26.0 Å². The first-order chi connectivity index (χ1) is 7.31. The number of ether oxygens (including phenoxy) is 2. The molecule has 0 radical (unpaired) electrons. The van der Waals surface area contributed by atoms with Crippen LogP contribution in [0.1, 0.15) is 6.42 Å². The third kappa shape index (κ3) is 3.84. The van der Waals surface area contributed by atoms with Crippen LogP contribution in [0.5, 0.6) is 11.5 Å². The summed E-state index contributed by atoms with van der Waals surface area (Å²) in [7, 11) is 3.28. The van der Waals surface area contributed by atoms with Crippen molar-refractivity contribution in [3.8, 4) is 11.5 Å². The first-order valence-electron chi connectivity index (χ1n) is 4.72. The van der Waals surface area contributed by atoms with Crippen LogP contribution in [0.25, 0.3) is 0 Å². The fourth-order valence-corrected chi connectivity index (χ4v) is 2.32. The standard InChI is InChI=1S/C11H15ClO2S/c1-13-10-5-4-9(8-11(10)14-2)15-7-3-6-12/h4-5,8H,3,6-7H2,1-2H3. The van der Waals surface area contributed by atoms with Gasteiger partial charge in [-0.05, 0) is 30.4 Å². The molecule has 0 aromatic heterocycles. The van der Waals surface area contributed by atoms with Crippen LogP contribution < -0.4 is 9.47 Å². The maximum atomic E-state index is 5.62. The third-order valence-electron chi connectivity index (χ3n) is 1.90. The lowest BCUT2D eigenvalue weighted by molar-refractivity contribution is 0.354. The Morgan fingerprint density at radius 3 is 2.53 bits per heavy atom. The lowest BCUT2D eigenvalue weighted by atomic mass is 10.3. The summed E-state index contributed by atoms with van der Waals surface area (Å²) in [6.07, 6.45) is 1.01. The van der Waals surface area contributed by atoms with E-state index in [9.17, 15) is 0 Å². The largest absolute Gasteiger partial charge is 0.493 e. The summed E-state index contributed by atoms with van der Waals surface area (Å²) in [5.74, 6) is 3.27. The Hall–Kier alpha value is -0.540. The van der Waals surface area contributed by atoms with E-state index in [2.05, 4.69) is 0 Å². The SMILES string of the molecule is COc1ccc(SCCCCl)cc1OC. The van der Waals surface area contributed by atoms with Crippen LogP contribution in [0.4, 0.5) is 0 Å². The van der Waals surface area contributed by atoms with E-state index in [0.717, 1.165) is 23.7 Å². The fraction of sp³-hybridized carbons (Fsp3) is 0.455. The molecule has 15 heavy (non-hydrogen) atoms. The molecule has 0 saturated carbocycles. The van der Waals surface area contributed by atoms with E-state index < -0.39 is 0 Å². The number of rotatable bonds is 6. The van der Waals surface area contributed by atoms with Crippen molar-refractivity contribution < 1.29 is 9.47 Å². The zero-order valence-electron chi connectivity index (χ0n) is 8.96. The zero-order chi connectivity index (χ0) is 11.1. The van der Waals surface area contributed by atoms with Crippen LogP contribution in [0.3, 0.4) is 0 Å². The third-order valence-corrected chi connectivity index (χ3v) is 3.25. The molecule has 0 unspecified atom stereocenters. The molecule has 1 aromatic carbocycles. The predicted molar refractivity (Wildman–Crippen MR) is 65.6 cm³/mol. The van der Waals surface area contributed by atoms with E-state index in [0.29, 0.717) is 5.88 Å². The summed E-state index contributed by atoms with van der Waals surface area (Å²) in [6, 6.07) is 5.93. The summed E-state index contributed by atoms with van der Waals surface area (Å²) in [5.41, 5.74) is 0. The number of hydrogen-bond donors (Lipinski definition) is 0. The van der Waals surface area contributed by atoms with Crippen molar-refractivity contribution in [1.82, 2.24) is 0 Å². The number of alkyl halides is 1. The van der Waals surface area contributed by atoms with E-state index >= 15 is 0 Å². The first kappa shape index (κ1) is 12.5. The Labute approximate surface area is 99.9 Å². The molecule has 4 heteroatoms. The molecular formula is C11H15ClO2S. The molecule has 0 aliphatic carbocycles. The Kier molecular flexibility index (Phi) is 5.73. The van der Waals surface area contributed by atoms with Crippen molar-refractivity contribution in [2.75, 3.05) is 25.9 Å². The van der Waals surface area contributed by atoms with Crippen molar-refractivity contribution in [2.24, 2.45) is 0 Å². The summed E-state index contributed by atoms with van der Waals surface area (Å²) < 4.78 is 10.4. The molecule has 84 valence electrons. The number of halogens is 1. The minimum atomic E-state index is 0.709. The normalized spacial score (nSPS) is 10.1. The maximum Gasteiger partial charge on any atom is 0.161 e. The zero-order valence-corrected chi connectivity index (χ0v) is 10.5. The highest BCUT2D eigenvalue weighted by atomic mass is 35.5. The lowest BCUT2D eigenvalue weighted by Crippen LogP contribution is -1.90. The topological polar surface area (TPSA) is 18.5 Å². The highest BCUT2D eigenvalue weighted by Gasteiger charge is 2.04. The van der Waals surface area contributed by atoms with Gasteiger partial charge in [0.1, 0.15) is 0 Å². The van der Waals surface area contributed by atoms with Crippen LogP contribution in [-0.4, -0.2) is 25.9 Å². The maximum absolute atomic E-state index is 5.62. The Morgan fingerprint density at radius 2 is 1.93 bits per heavy atom. The van der Waals surface area contributed by atoms with E-state index in [1.807, 2.05) is 18.2 Å². The van der Waals surface area contributed by atoms with Crippen LogP contribution in [-0.2, 0) is 0 Å². The molecule has 0 aliphatic heterocycles. The fourth-order valence-electron chi connectivity index (χ4n) is 1.15. The summed E-state index contributed by atoms with van der Waals surface area (Å²) in [4.78, 5) is 1.18. The molecule has 0 aliphatic rings. The van der Waals surface area contributed by atoms with Gasteiger partial charge in [-0.3, -0.25) is 0 Å². The van der Waals surface area contributed by atoms with Crippen LogP contribution in [0.2, 0.25) is 0 Å². The van der Waals surface area contributed by atoms with Gasteiger partial charge in [0.25, 0.3) is 0 Å². The summed E-state index contributed by atoms with van der Waals surface area (Å²) in [6.45, 7) is 0. The van der Waals surface area contributed by atoms with Crippen LogP contribution in [0, 0.1) is 0 Å². The monoisotopic (exact) mass is 246 g/mol.